The average molecular weight is 365 g/mol. The lowest BCUT2D eigenvalue weighted by atomic mass is 9.77. The van der Waals surface area contributed by atoms with Crippen LogP contribution in [0.4, 0.5) is 11.8 Å². The van der Waals surface area contributed by atoms with Gasteiger partial charge in [-0.25, -0.2) is 4.98 Å². The second-order valence-corrected chi connectivity index (χ2v) is 7.85. The molecule has 2 aromatic rings. The number of rotatable bonds is 5. The van der Waals surface area contributed by atoms with Gasteiger partial charge in [-0.3, -0.25) is 4.79 Å². The molecule has 0 aliphatic carbocycles. The molecule has 6 heteroatoms. The molecule has 2 N–H and O–H groups in total. The molecule has 2 aliphatic rings. The van der Waals surface area contributed by atoms with Crippen LogP contribution in [0.3, 0.4) is 0 Å². The standard InChI is InChI=1S/C21H27N5O/c22-18-8-11-23-20(24-18)25-13-9-21(10-14-25)15-19(27)26(16-21)12-4-7-17-5-2-1-3-6-17/h1-3,5-6,8,11H,4,7,9-10,12-16H2,(H2,22,23,24). The Morgan fingerprint density at radius 1 is 1.11 bits per heavy atom. The normalized spacial score (nSPS) is 19.0. The van der Waals surface area contributed by atoms with Gasteiger partial charge in [0, 0.05) is 44.2 Å². The minimum atomic E-state index is 0.126. The smallest absolute Gasteiger partial charge is 0.227 e. The Balaban J connectivity index is 1.30. The minimum Gasteiger partial charge on any atom is -0.384 e. The highest BCUT2D eigenvalue weighted by Crippen LogP contribution is 2.41. The molecule has 0 radical (unpaired) electrons. The van der Waals surface area contributed by atoms with Crippen LogP contribution in [0.25, 0.3) is 0 Å². The number of nitrogens with two attached hydrogens (primary N) is 1. The van der Waals surface area contributed by atoms with Crippen molar-refractivity contribution in [2.24, 2.45) is 5.41 Å². The Labute approximate surface area is 160 Å². The molecule has 3 heterocycles. The molecule has 1 spiro atoms. The van der Waals surface area contributed by atoms with E-state index in [1.807, 2.05) is 6.07 Å². The number of carbonyl (C=O) groups is 1. The Hall–Kier alpha value is -2.63. The van der Waals surface area contributed by atoms with E-state index in [0.717, 1.165) is 51.9 Å². The SMILES string of the molecule is Nc1ccnc(N2CCC3(CC2)CC(=O)N(CCCc2ccccc2)C3)n1. The summed E-state index contributed by atoms with van der Waals surface area (Å²) in [6.07, 6.45) is 6.45. The monoisotopic (exact) mass is 365 g/mol. The summed E-state index contributed by atoms with van der Waals surface area (Å²) in [4.78, 5) is 25.5. The Morgan fingerprint density at radius 2 is 1.89 bits per heavy atom. The molecule has 0 saturated carbocycles. The summed E-state index contributed by atoms with van der Waals surface area (Å²) in [5.41, 5.74) is 7.24. The highest BCUT2D eigenvalue weighted by atomic mass is 16.2. The van der Waals surface area contributed by atoms with E-state index < -0.39 is 0 Å². The first kappa shape index (κ1) is 17.8. The van der Waals surface area contributed by atoms with Gasteiger partial charge in [0.15, 0.2) is 0 Å². The number of benzene rings is 1. The van der Waals surface area contributed by atoms with Gasteiger partial charge in [-0.2, -0.15) is 4.98 Å². The van der Waals surface area contributed by atoms with Crippen LogP contribution in [0, 0.1) is 5.41 Å². The van der Waals surface area contributed by atoms with Crippen LogP contribution >= 0.6 is 0 Å². The van der Waals surface area contributed by atoms with Gasteiger partial charge >= 0.3 is 0 Å². The summed E-state index contributed by atoms with van der Waals surface area (Å²) in [7, 11) is 0. The maximum Gasteiger partial charge on any atom is 0.227 e. The van der Waals surface area contributed by atoms with Gasteiger partial charge in [0.1, 0.15) is 5.82 Å². The predicted molar refractivity (Wildman–Crippen MR) is 106 cm³/mol. The van der Waals surface area contributed by atoms with E-state index in [4.69, 9.17) is 5.73 Å². The predicted octanol–water partition coefficient (Wildman–Crippen LogP) is 2.51. The van der Waals surface area contributed by atoms with Crippen molar-refractivity contribution in [1.29, 1.82) is 0 Å². The number of aromatic nitrogens is 2. The molecule has 2 aliphatic heterocycles. The Morgan fingerprint density at radius 3 is 2.63 bits per heavy atom. The molecule has 4 rings (SSSR count). The molecule has 1 aromatic heterocycles. The summed E-state index contributed by atoms with van der Waals surface area (Å²) in [5, 5.41) is 0. The van der Waals surface area contributed by atoms with E-state index >= 15 is 0 Å². The van der Waals surface area contributed by atoms with Crippen LogP contribution in [-0.4, -0.2) is 47.0 Å². The molecule has 2 saturated heterocycles. The number of hydrogen-bond donors (Lipinski definition) is 1. The molecular weight excluding hydrogens is 338 g/mol. The first-order valence-electron chi connectivity index (χ1n) is 9.79. The lowest BCUT2D eigenvalue weighted by molar-refractivity contribution is -0.127. The number of nitrogens with zero attached hydrogens (tertiary/aromatic N) is 4. The summed E-state index contributed by atoms with van der Waals surface area (Å²) >= 11 is 0. The number of nitrogen functional groups attached to an aromatic ring is 1. The van der Waals surface area contributed by atoms with Crippen molar-refractivity contribution in [2.75, 3.05) is 36.8 Å². The molecule has 142 valence electrons. The molecule has 0 unspecified atom stereocenters. The second kappa shape index (κ2) is 7.55. The number of likely N-dealkylation sites (tertiary alicyclic amines) is 1. The van der Waals surface area contributed by atoms with Crippen molar-refractivity contribution >= 4 is 17.7 Å². The van der Waals surface area contributed by atoms with Crippen molar-refractivity contribution in [3.05, 3.63) is 48.2 Å². The van der Waals surface area contributed by atoms with Crippen molar-refractivity contribution in [2.45, 2.75) is 32.1 Å². The van der Waals surface area contributed by atoms with Crippen LogP contribution in [0.1, 0.15) is 31.2 Å². The Bertz CT molecular complexity index is 786. The van der Waals surface area contributed by atoms with Gasteiger partial charge in [-0.05, 0) is 37.3 Å². The zero-order valence-electron chi connectivity index (χ0n) is 15.7. The third-order valence-electron chi connectivity index (χ3n) is 5.91. The zero-order valence-corrected chi connectivity index (χ0v) is 15.7. The van der Waals surface area contributed by atoms with Crippen LogP contribution in [0.15, 0.2) is 42.6 Å². The molecule has 27 heavy (non-hydrogen) atoms. The van der Waals surface area contributed by atoms with Crippen molar-refractivity contribution in [3.8, 4) is 0 Å². The number of piperidine rings is 1. The fourth-order valence-electron chi connectivity index (χ4n) is 4.33. The lowest BCUT2D eigenvalue weighted by Crippen LogP contribution is -2.42. The fraction of sp³-hybridized carbons (Fsp3) is 0.476. The van der Waals surface area contributed by atoms with E-state index in [1.54, 1.807) is 12.3 Å². The van der Waals surface area contributed by atoms with Gasteiger partial charge < -0.3 is 15.5 Å². The maximum atomic E-state index is 12.6. The third kappa shape index (κ3) is 4.04. The van der Waals surface area contributed by atoms with Crippen LogP contribution in [0.5, 0.6) is 0 Å². The Kier molecular flexibility index (Phi) is 4.97. The van der Waals surface area contributed by atoms with Crippen LogP contribution in [0.2, 0.25) is 0 Å². The highest BCUT2D eigenvalue weighted by Gasteiger charge is 2.44. The van der Waals surface area contributed by atoms with Gasteiger partial charge in [-0.15, -0.1) is 0 Å². The van der Waals surface area contributed by atoms with Gasteiger partial charge in [-0.1, -0.05) is 30.3 Å². The molecule has 6 nitrogen and oxygen atoms in total. The number of carbonyl (C=O) groups excluding carboxylic acids is 1. The highest BCUT2D eigenvalue weighted by molar-refractivity contribution is 5.79. The first-order chi connectivity index (χ1) is 13.1. The molecule has 1 aromatic carbocycles. The molecular formula is C21H27N5O. The van der Waals surface area contributed by atoms with E-state index in [1.165, 1.54) is 5.56 Å². The van der Waals surface area contributed by atoms with Crippen molar-refractivity contribution in [1.82, 2.24) is 14.9 Å². The van der Waals surface area contributed by atoms with Crippen molar-refractivity contribution in [3.63, 3.8) is 0 Å². The zero-order chi connectivity index (χ0) is 18.7. The molecule has 0 atom stereocenters. The maximum absolute atomic E-state index is 12.6. The topological polar surface area (TPSA) is 75.3 Å². The van der Waals surface area contributed by atoms with Gasteiger partial charge in [0.25, 0.3) is 0 Å². The van der Waals surface area contributed by atoms with Crippen LogP contribution < -0.4 is 10.6 Å². The van der Waals surface area contributed by atoms with Crippen LogP contribution in [-0.2, 0) is 11.2 Å². The van der Waals surface area contributed by atoms with Gasteiger partial charge in [0.05, 0.1) is 0 Å². The summed E-state index contributed by atoms with van der Waals surface area (Å²) in [6.45, 7) is 3.52. The number of hydrogen-bond acceptors (Lipinski definition) is 5. The average Bonchev–Trinajstić information content (AvgIpc) is 2.98. The van der Waals surface area contributed by atoms with E-state index in [0.29, 0.717) is 24.1 Å². The lowest BCUT2D eigenvalue weighted by Gasteiger charge is -2.38. The van der Waals surface area contributed by atoms with Crippen molar-refractivity contribution < 1.29 is 4.79 Å². The first-order valence-corrected chi connectivity index (χ1v) is 9.79. The minimum absolute atomic E-state index is 0.126. The largest absolute Gasteiger partial charge is 0.384 e. The summed E-state index contributed by atoms with van der Waals surface area (Å²) in [6, 6.07) is 12.2. The van der Waals surface area contributed by atoms with E-state index in [9.17, 15) is 4.79 Å². The molecule has 2 fully saturated rings. The molecule has 0 bridgehead atoms. The number of amides is 1. The van der Waals surface area contributed by atoms with E-state index in [-0.39, 0.29) is 5.41 Å². The quantitative estimate of drug-likeness (QED) is 0.881. The molecule has 1 amide bonds. The number of aryl methyl sites for hydroxylation is 1. The number of anilines is 2. The van der Waals surface area contributed by atoms with E-state index in [2.05, 4.69) is 44.0 Å². The summed E-state index contributed by atoms with van der Waals surface area (Å²) < 4.78 is 0. The fourth-order valence-corrected chi connectivity index (χ4v) is 4.33. The van der Waals surface area contributed by atoms with Gasteiger partial charge in [0.2, 0.25) is 11.9 Å². The third-order valence-corrected chi connectivity index (χ3v) is 5.91. The summed E-state index contributed by atoms with van der Waals surface area (Å²) in [5.74, 6) is 1.52. The second-order valence-electron chi connectivity index (χ2n) is 7.85.